The lowest BCUT2D eigenvalue weighted by Crippen LogP contribution is -2.12. The van der Waals surface area contributed by atoms with Crippen LogP contribution in [0.4, 0.5) is 4.39 Å². The smallest absolute Gasteiger partial charge is 0.147 e. The van der Waals surface area contributed by atoms with E-state index in [9.17, 15) is 12.8 Å². The Hall–Kier alpha value is -5.12. The molecule has 0 atom stereocenters. The first kappa shape index (κ1) is 29.6. The summed E-state index contributed by atoms with van der Waals surface area (Å²) < 4.78 is 38.1. The first-order valence-corrected chi connectivity index (χ1v) is 17.1. The molecule has 0 bridgehead atoms. The topological polar surface area (TPSA) is 104 Å². The van der Waals surface area contributed by atoms with Gasteiger partial charge in [0, 0.05) is 53.6 Å². The fourth-order valence-electron chi connectivity index (χ4n) is 5.88. The van der Waals surface area contributed by atoms with E-state index in [-0.39, 0.29) is 12.2 Å². The van der Waals surface area contributed by atoms with Crippen molar-refractivity contribution < 1.29 is 12.8 Å². The number of aromatic amines is 2. The van der Waals surface area contributed by atoms with Crippen LogP contribution in [0.1, 0.15) is 16.7 Å². The first-order valence-electron chi connectivity index (χ1n) is 15.1. The molecule has 0 amide bonds. The summed E-state index contributed by atoms with van der Waals surface area (Å²) in [6.07, 6.45) is 5.21. The molecule has 0 saturated heterocycles. The van der Waals surface area contributed by atoms with Crippen molar-refractivity contribution in [2.45, 2.75) is 19.5 Å². The van der Waals surface area contributed by atoms with Gasteiger partial charge in [-0.15, -0.1) is 0 Å². The number of halogens is 1. The number of sulfone groups is 1. The van der Waals surface area contributed by atoms with Crippen LogP contribution in [0, 0.1) is 5.82 Å². The van der Waals surface area contributed by atoms with Gasteiger partial charge in [0.05, 0.1) is 17.0 Å². The summed E-state index contributed by atoms with van der Waals surface area (Å²) in [5.74, 6) is -0.432. The van der Waals surface area contributed by atoms with Crippen LogP contribution in [0.3, 0.4) is 0 Å². The Kier molecular flexibility index (Phi) is 7.94. The molecule has 0 fully saturated rings. The molecule has 7 nitrogen and oxygen atoms in total. The lowest BCUT2D eigenvalue weighted by molar-refractivity contribution is 0.600. The molecule has 0 aliphatic heterocycles. The molecule has 7 aromatic rings. The monoisotopic (exact) mass is 629 g/mol. The molecule has 9 heteroatoms. The third-order valence-electron chi connectivity index (χ3n) is 8.14. The molecule has 3 N–H and O–H groups in total. The number of hydrogen-bond acceptors (Lipinski definition) is 5. The molecule has 4 aromatic carbocycles. The van der Waals surface area contributed by atoms with Gasteiger partial charge in [0.2, 0.25) is 0 Å². The number of hydrogen-bond donors (Lipinski definition) is 3. The highest BCUT2D eigenvalue weighted by atomic mass is 32.2. The molecule has 0 aliphatic rings. The van der Waals surface area contributed by atoms with E-state index in [1.807, 2.05) is 67.0 Å². The summed E-state index contributed by atoms with van der Waals surface area (Å²) in [4.78, 5) is 8.02. The van der Waals surface area contributed by atoms with Crippen molar-refractivity contribution in [1.82, 2.24) is 25.5 Å². The molecule has 46 heavy (non-hydrogen) atoms. The number of rotatable bonds is 10. The Labute approximate surface area is 266 Å². The Bertz CT molecular complexity index is 2290. The van der Waals surface area contributed by atoms with Gasteiger partial charge in [-0.25, -0.2) is 12.8 Å². The lowest BCUT2D eigenvalue weighted by Gasteiger charge is -2.08. The van der Waals surface area contributed by atoms with Gasteiger partial charge >= 0.3 is 0 Å². The average molecular weight is 630 g/mol. The average Bonchev–Trinajstić information content (AvgIpc) is 3.68. The summed E-state index contributed by atoms with van der Waals surface area (Å²) >= 11 is 0. The second-order valence-electron chi connectivity index (χ2n) is 11.7. The van der Waals surface area contributed by atoms with Crippen LogP contribution >= 0.6 is 0 Å². The molecule has 7 rings (SSSR count). The van der Waals surface area contributed by atoms with Crippen LogP contribution in [0.2, 0.25) is 0 Å². The quantitative estimate of drug-likeness (QED) is 0.146. The van der Waals surface area contributed by atoms with Crippen molar-refractivity contribution in [3.05, 3.63) is 132 Å². The molecule has 3 aromatic heterocycles. The summed E-state index contributed by atoms with van der Waals surface area (Å²) in [6.45, 7) is 1.49. The van der Waals surface area contributed by atoms with Crippen LogP contribution in [0.15, 0.2) is 109 Å². The number of benzene rings is 4. The number of pyridine rings is 1. The summed E-state index contributed by atoms with van der Waals surface area (Å²) in [6, 6.07) is 31.3. The maximum Gasteiger partial charge on any atom is 0.147 e. The van der Waals surface area contributed by atoms with E-state index in [0.717, 1.165) is 62.0 Å². The number of nitrogens with zero attached hydrogens (tertiary/aromatic N) is 2. The number of aromatic nitrogens is 4. The second kappa shape index (κ2) is 12.3. The van der Waals surface area contributed by atoms with E-state index in [1.54, 1.807) is 0 Å². The van der Waals surface area contributed by atoms with Crippen molar-refractivity contribution in [1.29, 1.82) is 0 Å². The van der Waals surface area contributed by atoms with Gasteiger partial charge in [0.15, 0.2) is 0 Å². The van der Waals surface area contributed by atoms with Gasteiger partial charge in [0.1, 0.15) is 21.3 Å². The SMILES string of the molecule is CS(=O)(=O)CCc1cc(F)cc(-c2cccc3[nH]c(-c4n[nH]c5ccc(-c6cncc(CNCc7ccccc7)c6)cc45)cc23)c1. The van der Waals surface area contributed by atoms with E-state index in [2.05, 4.69) is 55.8 Å². The normalized spacial score (nSPS) is 11.9. The zero-order chi connectivity index (χ0) is 31.7. The molecule has 0 spiro atoms. The third kappa shape index (κ3) is 6.47. The zero-order valence-corrected chi connectivity index (χ0v) is 26.0. The Morgan fingerprint density at radius 2 is 1.57 bits per heavy atom. The van der Waals surface area contributed by atoms with Gasteiger partial charge in [-0.2, -0.15) is 5.10 Å². The second-order valence-corrected chi connectivity index (χ2v) is 13.9. The van der Waals surface area contributed by atoms with E-state index >= 15 is 0 Å². The van der Waals surface area contributed by atoms with E-state index in [0.29, 0.717) is 17.7 Å². The molecule has 0 unspecified atom stereocenters. The van der Waals surface area contributed by atoms with Gasteiger partial charge < -0.3 is 10.3 Å². The summed E-state index contributed by atoms with van der Waals surface area (Å²) in [5.41, 5.74) is 9.98. The Morgan fingerprint density at radius 3 is 2.41 bits per heavy atom. The molecule has 3 heterocycles. The standard InChI is InChI=1S/C37H32FN5O2S/c1-46(44,45)13-12-25-14-28(17-30(38)16-25)31-8-5-9-34-32(31)19-36(41-34)37-33-18-27(10-11-35(33)42-43-37)29-15-26(22-40-23-29)21-39-20-24-6-3-2-4-7-24/h2-11,14-19,22-23,39,41H,12-13,20-21H2,1H3,(H,42,43). The van der Waals surface area contributed by atoms with E-state index < -0.39 is 15.7 Å². The van der Waals surface area contributed by atoms with Gasteiger partial charge in [-0.05, 0) is 82.3 Å². The largest absolute Gasteiger partial charge is 0.353 e. The van der Waals surface area contributed by atoms with Crippen molar-refractivity contribution in [3.8, 4) is 33.6 Å². The summed E-state index contributed by atoms with van der Waals surface area (Å²) in [5, 5.41) is 13.2. The number of fused-ring (bicyclic) bond motifs is 2. The van der Waals surface area contributed by atoms with Crippen LogP contribution < -0.4 is 5.32 Å². The van der Waals surface area contributed by atoms with Crippen molar-refractivity contribution in [3.63, 3.8) is 0 Å². The molecule has 0 radical (unpaired) electrons. The van der Waals surface area contributed by atoms with Gasteiger partial charge in [-0.1, -0.05) is 54.6 Å². The highest BCUT2D eigenvalue weighted by Crippen LogP contribution is 2.36. The van der Waals surface area contributed by atoms with Crippen molar-refractivity contribution in [2.24, 2.45) is 0 Å². The first-order chi connectivity index (χ1) is 22.3. The Balaban J connectivity index is 1.19. The van der Waals surface area contributed by atoms with Crippen LogP contribution in [0.5, 0.6) is 0 Å². The minimum atomic E-state index is -3.17. The van der Waals surface area contributed by atoms with E-state index in [1.165, 1.54) is 24.0 Å². The molecule has 230 valence electrons. The van der Waals surface area contributed by atoms with Crippen LogP contribution in [-0.4, -0.2) is 40.6 Å². The molecular weight excluding hydrogens is 598 g/mol. The number of H-pyrrole nitrogens is 2. The fourth-order valence-corrected chi connectivity index (χ4v) is 6.48. The number of nitrogens with one attached hydrogen (secondary N) is 3. The molecule has 0 aliphatic carbocycles. The zero-order valence-electron chi connectivity index (χ0n) is 25.2. The van der Waals surface area contributed by atoms with Crippen LogP contribution in [0.25, 0.3) is 55.4 Å². The predicted molar refractivity (Wildman–Crippen MR) is 182 cm³/mol. The molecular formula is C37H32FN5O2S. The maximum atomic E-state index is 14.7. The lowest BCUT2D eigenvalue weighted by atomic mass is 9.98. The number of aryl methyl sites for hydroxylation is 1. The van der Waals surface area contributed by atoms with Crippen LogP contribution in [-0.2, 0) is 29.3 Å². The minimum Gasteiger partial charge on any atom is -0.353 e. The maximum absolute atomic E-state index is 14.7. The highest BCUT2D eigenvalue weighted by molar-refractivity contribution is 7.90. The van der Waals surface area contributed by atoms with E-state index in [4.69, 9.17) is 0 Å². The highest BCUT2D eigenvalue weighted by Gasteiger charge is 2.16. The minimum absolute atomic E-state index is 0.0336. The van der Waals surface area contributed by atoms with Crippen molar-refractivity contribution >= 4 is 31.6 Å². The predicted octanol–water partition coefficient (Wildman–Crippen LogP) is 7.46. The van der Waals surface area contributed by atoms with Gasteiger partial charge in [-0.3, -0.25) is 10.1 Å². The Morgan fingerprint density at radius 1 is 0.739 bits per heavy atom. The third-order valence-corrected chi connectivity index (χ3v) is 9.09. The van der Waals surface area contributed by atoms with Crippen molar-refractivity contribution in [2.75, 3.05) is 12.0 Å². The fraction of sp³-hybridized carbons (Fsp3) is 0.135. The molecule has 0 saturated carbocycles. The van der Waals surface area contributed by atoms with Gasteiger partial charge in [0.25, 0.3) is 0 Å². The summed E-state index contributed by atoms with van der Waals surface area (Å²) in [7, 11) is -3.17.